The molecule has 2 bridgehead atoms. The summed E-state index contributed by atoms with van der Waals surface area (Å²) in [4.78, 5) is 21.3. The minimum Gasteiger partial charge on any atom is -0.474 e. The van der Waals surface area contributed by atoms with Gasteiger partial charge in [-0.3, -0.25) is 19.7 Å². The van der Waals surface area contributed by atoms with Gasteiger partial charge in [-0.05, 0) is 38.5 Å². The number of nitrogens with one attached hydrogen (secondary N) is 2. The van der Waals surface area contributed by atoms with E-state index in [9.17, 15) is 13.7 Å². The number of carbonyl (C=O) groups is 1. The molecule has 214 valence electrons. The second-order valence-electron chi connectivity index (χ2n) is 8.25. The maximum absolute atomic E-state index is 13.8. The van der Waals surface area contributed by atoms with Crippen LogP contribution in [-0.2, 0) is 14.5 Å². The summed E-state index contributed by atoms with van der Waals surface area (Å²) in [5.74, 6) is -0.262. The zero-order valence-corrected chi connectivity index (χ0v) is 23.8. The molecule has 0 aromatic rings. The predicted octanol–water partition coefficient (Wildman–Crippen LogP) is 4.57. The van der Waals surface area contributed by atoms with Gasteiger partial charge in [-0.2, -0.15) is 5.10 Å². The van der Waals surface area contributed by atoms with Gasteiger partial charge in [0.1, 0.15) is 6.61 Å². The Morgan fingerprint density at radius 1 is 1.38 bits per heavy atom. The summed E-state index contributed by atoms with van der Waals surface area (Å²) < 4.78 is 35.3. The van der Waals surface area contributed by atoms with E-state index in [4.69, 9.17) is 10.5 Å². The van der Waals surface area contributed by atoms with Crippen LogP contribution in [0.15, 0.2) is 111 Å². The van der Waals surface area contributed by atoms with Crippen molar-refractivity contribution in [3.05, 3.63) is 101 Å². The Morgan fingerprint density at radius 3 is 2.75 bits per heavy atom. The van der Waals surface area contributed by atoms with Crippen LogP contribution in [0, 0.1) is 0 Å². The number of nitrogens with two attached hydrogens (primary N) is 1. The maximum Gasteiger partial charge on any atom is 0.210 e. The number of rotatable bonds is 15. The summed E-state index contributed by atoms with van der Waals surface area (Å²) in [6, 6.07) is 0. The van der Waals surface area contributed by atoms with Crippen molar-refractivity contribution in [1.29, 1.82) is 0 Å². The quantitative estimate of drug-likeness (QED) is 0.0301. The normalized spacial score (nSPS) is 16.1. The minimum absolute atomic E-state index is 0.0511. The van der Waals surface area contributed by atoms with Crippen LogP contribution in [0.3, 0.4) is 0 Å². The van der Waals surface area contributed by atoms with Crippen LogP contribution in [0.25, 0.3) is 0 Å². The zero-order chi connectivity index (χ0) is 29.7. The summed E-state index contributed by atoms with van der Waals surface area (Å²) in [6.07, 6.45) is 10.9. The van der Waals surface area contributed by atoms with Crippen LogP contribution in [0.1, 0.15) is 20.8 Å². The van der Waals surface area contributed by atoms with E-state index >= 15 is 0 Å². The van der Waals surface area contributed by atoms with Crippen molar-refractivity contribution < 1.29 is 23.4 Å². The standard InChI is InChI=1S/C28H34F2N6O3S/c1-7-9-22(29)16-38-27(32-8-2)10-18(3)20(5)36(17-31)33-15-19(4)28(37)25-12-21-11-23(34-25)14-24(35-40-6)26(13-21)39-30/h7,9-10,12-15,22,34-35H,4-5,8,16-17,31H2,1-3,6H3/b9-7?,18-10-,32-27+,33-15-. The number of hydrogen-bond acceptors (Lipinski definition) is 10. The van der Waals surface area contributed by atoms with Crippen LogP contribution in [-0.4, -0.2) is 55.2 Å². The van der Waals surface area contributed by atoms with Gasteiger partial charge in [-0.15, -0.1) is 0 Å². The van der Waals surface area contributed by atoms with Crippen molar-refractivity contribution in [2.24, 2.45) is 15.8 Å². The Hall–Kier alpha value is -4.12. The van der Waals surface area contributed by atoms with Crippen molar-refractivity contribution in [2.75, 3.05) is 26.1 Å². The molecule has 4 N–H and O–H groups in total. The van der Waals surface area contributed by atoms with Gasteiger partial charge in [0.2, 0.25) is 11.7 Å². The molecule has 1 heterocycles. The molecule has 2 rings (SSSR count). The zero-order valence-electron chi connectivity index (χ0n) is 23.0. The number of carbonyl (C=O) groups excluding carboxylic acids is 1. The molecular formula is C28H34F2N6O3S. The van der Waals surface area contributed by atoms with Crippen LogP contribution in [0.5, 0.6) is 0 Å². The first-order valence-electron chi connectivity index (χ1n) is 12.2. The van der Waals surface area contributed by atoms with Crippen LogP contribution in [0.4, 0.5) is 8.92 Å². The Bertz CT molecular complexity index is 1290. The van der Waals surface area contributed by atoms with Gasteiger partial charge in [-0.25, -0.2) is 4.39 Å². The number of Topliss-reactive ketones (excluding diaryl/α,β-unsaturated/α-hetero) is 1. The van der Waals surface area contributed by atoms with Crippen molar-refractivity contribution in [1.82, 2.24) is 15.0 Å². The Morgan fingerprint density at radius 2 is 2.12 bits per heavy atom. The molecule has 0 saturated carbocycles. The second-order valence-corrected chi connectivity index (χ2v) is 8.86. The molecule has 0 spiro atoms. The average molecular weight is 573 g/mol. The fourth-order valence-electron chi connectivity index (χ4n) is 3.31. The van der Waals surface area contributed by atoms with E-state index in [1.165, 1.54) is 41.4 Å². The lowest BCUT2D eigenvalue weighted by atomic mass is 10.1. The highest BCUT2D eigenvalue weighted by Crippen LogP contribution is 2.24. The minimum atomic E-state index is -1.26. The molecule has 1 aliphatic heterocycles. The molecule has 0 fully saturated rings. The summed E-state index contributed by atoms with van der Waals surface area (Å²) >= 11 is 1.25. The lowest BCUT2D eigenvalue weighted by Crippen LogP contribution is -2.26. The van der Waals surface area contributed by atoms with Gasteiger partial charge in [0.25, 0.3) is 0 Å². The first kappa shape index (κ1) is 32.1. The number of alkyl halides is 1. The van der Waals surface area contributed by atoms with Crippen molar-refractivity contribution >= 4 is 29.8 Å². The molecule has 0 aromatic heterocycles. The largest absolute Gasteiger partial charge is 0.474 e. The molecule has 1 atom stereocenters. The summed E-state index contributed by atoms with van der Waals surface area (Å²) in [5, 5.41) is 8.59. The van der Waals surface area contributed by atoms with Crippen LogP contribution >= 0.6 is 11.9 Å². The molecule has 1 aliphatic carbocycles. The lowest BCUT2D eigenvalue weighted by Gasteiger charge is -2.20. The molecule has 0 aromatic carbocycles. The molecule has 9 nitrogen and oxygen atoms in total. The average Bonchev–Trinajstić information content (AvgIpc) is 3.05. The van der Waals surface area contributed by atoms with E-state index in [-0.39, 0.29) is 36.2 Å². The van der Waals surface area contributed by atoms with Gasteiger partial charge in [0.05, 0.1) is 35.7 Å². The highest BCUT2D eigenvalue weighted by molar-refractivity contribution is 7.96. The van der Waals surface area contributed by atoms with E-state index in [1.807, 2.05) is 6.92 Å². The third-order valence-electron chi connectivity index (χ3n) is 5.26. The number of nitrogens with zero attached hydrogens (tertiary/aromatic N) is 3. The van der Waals surface area contributed by atoms with E-state index in [2.05, 4.69) is 44.0 Å². The van der Waals surface area contributed by atoms with Crippen molar-refractivity contribution in [2.45, 2.75) is 26.9 Å². The van der Waals surface area contributed by atoms with E-state index < -0.39 is 12.0 Å². The SMILES string of the molecule is C=C(/C=N\N(CN)C(=C)/C(C)=C\C(=N/CC)OCC(F)C=CC)C(=O)C1=CC2=C=C(C=C(NSC)C(OF)=C2)N1. The van der Waals surface area contributed by atoms with Crippen molar-refractivity contribution in [3.8, 4) is 0 Å². The summed E-state index contributed by atoms with van der Waals surface area (Å²) in [5.41, 5.74) is 11.4. The maximum atomic E-state index is 13.8. The van der Waals surface area contributed by atoms with E-state index in [1.54, 1.807) is 38.3 Å². The first-order chi connectivity index (χ1) is 19.2. The van der Waals surface area contributed by atoms with Gasteiger partial charge in [0.15, 0.2) is 11.9 Å². The monoisotopic (exact) mass is 572 g/mol. The van der Waals surface area contributed by atoms with Crippen molar-refractivity contribution in [3.63, 3.8) is 0 Å². The first-order valence-corrected chi connectivity index (χ1v) is 13.5. The highest BCUT2D eigenvalue weighted by Gasteiger charge is 2.21. The second kappa shape index (κ2) is 16.1. The molecule has 0 amide bonds. The smallest absolute Gasteiger partial charge is 0.210 e. The summed E-state index contributed by atoms with van der Waals surface area (Å²) in [7, 11) is 0. The molecule has 0 saturated heterocycles. The number of ether oxygens (including phenoxy) is 1. The Labute approximate surface area is 237 Å². The molecular weight excluding hydrogens is 538 g/mol. The number of aliphatic imine (C=N–C) groups is 1. The lowest BCUT2D eigenvalue weighted by molar-refractivity contribution is -0.112. The van der Waals surface area contributed by atoms with Crippen LogP contribution < -0.4 is 15.8 Å². The fourth-order valence-corrected chi connectivity index (χ4v) is 3.69. The van der Waals surface area contributed by atoms with E-state index in [0.29, 0.717) is 34.8 Å². The van der Waals surface area contributed by atoms with Gasteiger partial charge >= 0.3 is 0 Å². The number of hydrogen-bond donors (Lipinski definition) is 3. The Kier molecular flexibility index (Phi) is 12.9. The number of ketones is 1. The number of hydrazone groups is 1. The predicted molar refractivity (Wildman–Crippen MR) is 157 cm³/mol. The number of allylic oxidation sites excluding steroid dienone is 6. The van der Waals surface area contributed by atoms with E-state index in [0.717, 1.165) is 0 Å². The topological polar surface area (TPSA) is 114 Å². The number of halogens is 2. The summed E-state index contributed by atoms with van der Waals surface area (Å²) in [6.45, 7) is 13.4. The molecule has 2 aliphatic rings. The molecule has 1 unspecified atom stereocenters. The Balaban J connectivity index is 2.14. The van der Waals surface area contributed by atoms with Gasteiger partial charge in [-0.1, -0.05) is 43.0 Å². The third kappa shape index (κ3) is 9.26. The van der Waals surface area contributed by atoms with Gasteiger partial charge in [0, 0.05) is 40.6 Å². The van der Waals surface area contributed by atoms with Crippen LogP contribution in [0.2, 0.25) is 0 Å². The molecule has 0 radical (unpaired) electrons. The molecule has 12 heteroatoms. The highest BCUT2D eigenvalue weighted by atomic mass is 32.2. The molecule has 40 heavy (non-hydrogen) atoms. The van der Waals surface area contributed by atoms with Gasteiger partial charge < -0.3 is 20.5 Å². The third-order valence-corrected chi connectivity index (χ3v) is 5.68. The fraction of sp³-hybridized carbons (Fsp3) is 0.286.